The van der Waals surface area contributed by atoms with E-state index in [0.717, 1.165) is 13.0 Å². The number of fused-ring (bicyclic) bond motifs is 1. The number of imide groups is 1. The summed E-state index contributed by atoms with van der Waals surface area (Å²) in [5.41, 5.74) is 7.55. The molecule has 0 radical (unpaired) electrons. The van der Waals surface area contributed by atoms with Crippen molar-refractivity contribution < 1.29 is 9.59 Å². The largest absolute Gasteiger partial charge is 0.351 e. The van der Waals surface area contributed by atoms with Gasteiger partial charge in [-0.2, -0.15) is 0 Å². The summed E-state index contributed by atoms with van der Waals surface area (Å²) in [6.07, 6.45) is 1.04. The van der Waals surface area contributed by atoms with Gasteiger partial charge in [0.15, 0.2) is 0 Å². The summed E-state index contributed by atoms with van der Waals surface area (Å²) in [4.78, 5) is 21.5. The third-order valence-corrected chi connectivity index (χ3v) is 2.90. The van der Waals surface area contributed by atoms with E-state index in [1.54, 1.807) is 0 Å². The minimum atomic E-state index is -0.814. The van der Waals surface area contributed by atoms with E-state index in [4.69, 9.17) is 5.73 Å². The van der Waals surface area contributed by atoms with E-state index < -0.39 is 11.9 Å². The van der Waals surface area contributed by atoms with E-state index in [9.17, 15) is 9.59 Å². The molecule has 2 rings (SSSR count). The summed E-state index contributed by atoms with van der Waals surface area (Å²) in [6.45, 7) is 0.852. The molecule has 1 aromatic rings. The molecule has 0 saturated heterocycles. The summed E-state index contributed by atoms with van der Waals surface area (Å²) in [5, 5.41) is 5.02. The number of carbonyl (C=O) groups excluding carboxylic acids is 2. The Morgan fingerprint density at radius 1 is 1.35 bits per heavy atom. The van der Waals surface area contributed by atoms with Crippen LogP contribution in [-0.4, -0.2) is 25.0 Å². The lowest BCUT2D eigenvalue weighted by atomic mass is 9.78. The van der Waals surface area contributed by atoms with Gasteiger partial charge in [0.1, 0.15) is 0 Å². The maximum atomic E-state index is 11.1. The van der Waals surface area contributed by atoms with Gasteiger partial charge in [0.25, 0.3) is 0 Å². The van der Waals surface area contributed by atoms with Gasteiger partial charge in [-0.25, -0.2) is 4.79 Å². The number of nitrogens with two attached hydrogens (primary N) is 1. The van der Waals surface area contributed by atoms with Crippen molar-refractivity contribution in [3.05, 3.63) is 35.4 Å². The van der Waals surface area contributed by atoms with Crippen molar-refractivity contribution in [2.24, 2.45) is 5.73 Å². The molecule has 1 aliphatic carbocycles. The second kappa shape index (κ2) is 4.97. The van der Waals surface area contributed by atoms with Crippen LogP contribution in [0.25, 0.3) is 0 Å². The molecule has 3 amide bonds. The van der Waals surface area contributed by atoms with Crippen LogP contribution in [0.15, 0.2) is 24.3 Å². The first-order valence-corrected chi connectivity index (χ1v) is 5.54. The Bertz CT molecular complexity index is 445. The third kappa shape index (κ3) is 2.82. The summed E-state index contributed by atoms with van der Waals surface area (Å²) < 4.78 is 0. The topological polar surface area (TPSA) is 84.2 Å². The number of hydrogen-bond acceptors (Lipinski definition) is 3. The SMILES string of the molecule is NC(=O)NC(=O)CNCC1Cc2ccccc21. The average molecular weight is 233 g/mol. The van der Waals surface area contributed by atoms with Crippen molar-refractivity contribution >= 4 is 11.9 Å². The van der Waals surface area contributed by atoms with Gasteiger partial charge in [0.05, 0.1) is 6.54 Å². The van der Waals surface area contributed by atoms with Crippen LogP contribution >= 0.6 is 0 Å². The number of urea groups is 1. The highest BCUT2D eigenvalue weighted by atomic mass is 16.2. The molecule has 0 fully saturated rings. The molecule has 1 atom stereocenters. The van der Waals surface area contributed by atoms with Gasteiger partial charge in [-0.3, -0.25) is 10.1 Å². The maximum absolute atomic E-state index is 11.1. The van der Waals surface area contributed by atoms with Crippen molar-refractivity contribution in [2.75, 3.05) is 13.1 Å². The molecule has 0 aromatic heterocycles. The number of rotatable bonds is 4. The van der Waals surface area contributed by atoms with Gasteiger partial charge < -0.3 is 11.1 Å². The molecule has 1 aliphatic rings. The number of benzene rings is 1. The van der Waals surface area contributed by atoms with Gasteiger partial charge in [-0.05, 0) is 17.5 Å². The van der Waals surface area contributed by atoms with Crippen LogP contribution < -0.4 is 16.4 Å². The number of primary amides is 1. The zero-order valence-corrected chi connectivity index (χ0v) is 9.40. The van der Waals surface area contributed by atoms with Crippen molar-refractivity contribution in [3.8, 4) is 0 Å². The van der Waals surface area contributed by atoms with Gasteiger partial charge in [0.2, 0.25) is 5.91 Å². The fraction of sp³-hybridized carbons (Fsp3) is 0.333. The minimum absolute atomic E-state index is 0.113. The molecule has 0 spiro atoms. The maximum Gasteiger partial charge on any atom is 0.318 e. The van der Waals surface area contributed by atoms with Crippen LogP contribution in [0, 0.1) is 0 Å². The highest BCUT2D eigenvalue weighted by Gasteiger charge is 2.24. The Morgan fingerprint density at radius 2 is 2.12 bits per heavy atom. The van der Waals surface area contributed by atoms with E-state index in [0.29, 0.717) is 5.92 Å². The molecule has 0 bridgehead atoms. The van der Waals surface area contributed by atoms with Gasteiger partial charge in [-0.1, -0.05) is 24.3 Å². The molecule has 1 unspecified atom stereocenters. The van der Waals surface area contributed by atoms with Gasteiger partial charge in [0, 0.05) is 12.5 Å². The monoisotopic (exact) mass is 233 g/mol. The minimum Gasteiger partial charge on any atom is -0.351 e. The summed E-state index contributed by atoms with van der Waals surface area (Å²) >= 11 is 0. The molecule has 0 heterocycles. The predicted molar refractivity (Wildman–Crippen MR) is 63.5 cm³/mol. The molecule has 17 heavy (non-hydrogen) atoms. The number of nitrogens with one attached hydrogen (secondary N) is 2. The van der Waals surface area contributed by atoms with Crippen LogP contribution in [-0.2, 0) is 11.2 Å². The molecule has 0 saturated carbocycles. The van der Waals surface area contributed by atoms with Crippen LogP contribution in [0.1, 0.15) is 17.0 Å². The first kappa shape index (κ1) is 11.6. The van der Waals surface area contributed by atoms with E-state index in [1.807, 2.05) is 17.4 Å². The second-order valence-corrected chi connectivity index (χ2v) is 4.14. The van der Waals surface area contributed by atoms with Crippen molar-refractivity contribution in [2.45, 2.75) is 12.3 Å². The highest BCUT2D eigenvalue weighted by molar-refractivity contribution is 5.94. The smallest absolute Gasteiger partial charge is 0.318 e. The normalized spacial score (nSPS) is 16.8. The molecular weight excluding hydrogens is 218 g/mol. The van der Waals surface area contributed by atoms with Crippen molar-refractivity contribution in [3.63, 3.8) is 0 Å². The lowest BCUT2D eigenvalue weighted by Gasteiger charge is -2.30. The van der Waals surface area contributed by atoms with Crippen LogP contribution in [0.3, 0.4) is 0 Å². The Hall–Kier alpha value is -1.88. The Labute approximate surface area is 99.4 Å². The summed E-state index contributed by atoms with van der Waals surface area (Å²) in [7, 11) is 0. The molecule has 1 aromatic carbocycles. The zero-order chi connectivity index (χ0) is 12.3. The van der Waals surface area contributed by atoms with Crippen LogP contribution in [0.2, 0.25) is 0 Å². The highest BCUT2D eigenvalue weighted by Crippen LogP contribution is 2.33. The second-order valence-electron chi connectivity index (χ2n) is 4.14. The lowest BCUT2D eigenvalue weighted by Crippen LogP contribution is -2.42. The Balaban J connectivity index is 1.71. The van der Waals surface area contributed by atoms with Gasteiger partial charge in [-0.15, -0.1) is 0 Å². The van der Waals surface area contributed by atoms with Crippen LogP contribution in [0.5, 0.6) is 0 Å². The Kier molecular flexibility index (Phi) is 3.39. The van der Waals surface area contributed by atoms with E-state index in [1.165, 1.54) is 11.1 Å². The molecule has 5 nitrogen and oxygen atoms in total. The first-order valence-electron chi connectivity index (χ1n) is 5.54. The van der Waals surface area contributed by atoms with Gasteiger partial charge >= 0.3 is 6.03 Å². The van der Waals surface area contributed by atoms with E-state index in [2.05, 4.69) is 17.4 Å². The fourth-order valence-corrected chi connectivity index (χ4v) is 2.09. The average Bonchev–Trinajstić information content (AvgIpc) is 2.23. The van der Waals surface area contributed by atoms with E-state index in [-0.39, 0.29) is 6.54 Å². The Morgan fingerprint density at radius 3 is 2.82 bits per heavy atom. The number of carbonyl (C=O) groups is 2. The molecule has 5 heteroatoms. The molecule has 4 N–H and O–H groups in total. The number of hydrogen-bond donors (Lipinski definition) is 3. The molecule has 0 aliphatic heterocycles. The standard InChI is InChI=1S/C12H15N3O2/c13-12(17)15-11(16)7-14-6-9-5-8-3-1-2-4-10(8)9/h1-4,9,14H,5-7H2,(H3,13,15,16,17). The predicted octanol–water partition coefficient (Wildman–Crippen LogP) is 0.111. The summed E-state index contributed by atoms with van der Waals surface area (Å²) in [6, 6.07) is 7.46. The first-order chi connectivity index (χ1) is 8.16. The van der Waals surface area contributed by atoms with Crippen LogP contribution in [0.4, 0.5) is 4.79 Å². The number of amides is 3. The molecule has 90 valence electrons. The molecular formula is C12H15N3O2. The summed E-state index contributed by atoms with van der Waals surface area (Å²) in [5.74, 6) is 0.0673. The fourth-order valence-electron chi connectivity index (χ4n) is 2.09. The lowest BCUT2D eigenvalue weighted by molar-refractivity contribution is -0.119. The zero-order valence-electron chi connectivity index (χ0n) is 9.40. The quantitative estimate of drug-likeness (QED) is 0.690. The van der Waals surface area contributed by atoms with Crippen molar-refractivity contribution in [1.82, 2.24) is 10.6 Å². The van der Waals surface area contributed by atoms with E-state index >= 15 is 0 Å². The third-order valence-electron chi connectivity index (χ3n) is 2.90. The van der Waals surface area contributed by atoms with Crippen molar-refractivity contribution in [1.29, 1.82) is 0 Å².